The Hall–Kier alpha value is -1.12. The van der Waals surface area contributed by atoms with Crippen LogP contribution in [0.15, 0.2) is 55.6 Å². The molecule has 0 aromatic heterocycles. The van der Waals surface area contributed by atoms with Gasteiger partial charge in [0.25, 0.3) is 0 Å². The van der Waals surface area contributed by atoms with Crippen LogP contribution in [0.1, 0.15) is 6.42 Å². The first-order valence-electron chi connectivity index (χ1n) is 6.01. The van der Waals surface area contributed by atoms with Gasteiger partial charge >= 0.3 is 0 Å². The third-order valence-electron chi connectivity index (χ3n) is 3.50. The highest BCUT2D eigenvalue weighted by Gasteiger charge is 2.32. The molecule has 0 aliphatic carbocycles. The molecule has 0 heterocycles. The number of aliphatic hydroxyl groups is 1. The van der Waals surface area contributed by atoms with E-state index in [1.165, 1.54) is 5.19 Å². The van der Waals surface area contributed by atoms with Crippen LogP contribution in [0.3, 0.4) is 0 Å². The zero-order chi connectivity index (χ0) is 12.9. The van der Waals surface area contributed by atoms with Crippen LogP contribution < -0.4 is 5.19 Å². The molecule has 0 unspecified atom stereocenters. The Morgan fingerprint density at radius 2 is 1.76 bits per heavy atom. The molecule has 0 aliphatic heterocycles. The van der Waals surface area contributed by atoms with Gasteiger partial charge in [-0.1, -0.05) is 60.8 Å². The third kappa shape index (κ3) is 3.41. The Bertz CT molecular complexity index is 370. The summed E-state index contributed by atoms with van der Waals surface area (Å²) in [5, 5.41) is 11.1. The summed E-state index contributed by atoms with van der Waals surface area (Å²) >= 11 is 0. The van der Waals surface area contributed by atoms with Crippen LogP contribution in [0.2, 0.25) is 18.6 Å². The predicted octanol–water partition coefficient (Wildman–Crippen LogP) is 3.10. The van der Waals surface area contributed by atoms with Crippen LogP contribution in [-0.4, -0.2) is 19.3 Å². The van der Waals surface area contributed by atoms with Gasteiger partial charge in [0.05, 0.1) is 14.2 Å². The summed E-state index contributed by atoms with van der Waals surface area (Å²) in [5.41, 5.74) is 0.359. The van der Waals surface area contributed by atoms with Crippen LogP contribution in [0.5, 0.6) is 0 Å². The molecule has 1 aromatic carbocycles. The lowest BCUT2D eigenvalue weighted by atomic mass is 10.2. The molecule has 0 radical (unpaired) electrons. The SMILES string of the molecule is C=C[C@H](C[C@@H](O)C=C)[Si](C)(C)c1ccccc1. The molecule has 1 rings (SSSR count). The molecule has 1 N–H and O–H groups in total. The number of hydrogen-bond acceptors (Lipinski definition) is 1. The van der Waals surface area contributed by atoms with E-state index < -0.39 is 14.2 Å². The largest absolute Gasteiger partial charge is 0.389 e. The summed E-state index contributed by atoms with van der Waals surface area (Å²) in [6.07, 6.45) is 3.88. The summed E-state index contributed by atoms with van der Waals surface area (Å²) in [6, 6.07) is 10.6. The number of aliphatic hydroxyl groups excluding tert-OH is 1. The normalized spacial score (nSPS) is 15.0. The maximum absolute atomic E-state index is 9.73. The standard InChI is InChI=1S/C15H22OSi/c1-5-13(16)12-14(6-2)17(3,4)15-10-8-7-9-11-15/h5-11,13-14,16H,1-2,12H2,3-4H3/t13-,14+/m0/s1. The highest BCUT2D eigenvalue weighted by molar-refractivity contribution is 6.91. The van der Waals surface area contributed by atoms with E-state index in [-0.39, 0.29) is 0 Å². The minimum absolute atomic E-state index is 0.359. The Kier molecular flexibility index (Phi) is 4.91. The van der Waals surface area contributed by atoms with Crippen molar-refractivity contribution < 1.29 is 5.11 Å². The lowest BCUT2D eigenvalue weighted by molar-refractivity contribution is 0.214. The monoisotopic (exact) mass is 246 g/mol. The van der Waals surface area contributed by atoms with Crippen molar-refractivity contribution in [3.05, 3.63) is 55.6 Å². The van der Waals surface area contributed by atoms with Gasteiger partial charge in [-0.05, 0) is 12.0 Å². The maximum atomic E-state index is 9.73. The molecule has 1 aromatic rings. The average Bonchev–Trinajstić information content (AvgIpc) is 2.36. The second kappa shape index (κ2) is 5.99. The van der Waals surface area contributed by atoms with E-state index in [1.54, 1.807) is 6.08 Å². The van der Waals surface area contributed by atoms with E-state index in [9.17, 15) is 5.11 Å². The minimum atomic E-state index is -1.61. The molecule has 92 valence electrons. The summed E-state index contributed by atoms with van der Waals surface area (Å²) in [5.74, 6) is 0. The summed E-state index contributed by atoms with van der Waals surface area (Å²) in [4.78, 5) is 0. The van der Waals surface area contributed by atoms with E-state index in [1.807, 2.05) is 12.1 Å². The summed E-state index contributed by atoms with van der Waals surface area (Å²) in [7, 11) is -1.61. The van der Waals surface area contributed by atoms with Crippen LogP contribution in [0, 0.1) is 0 Å². The van der Waals surface area contributed by atoms with Gasteiger partial charge in [0, 0.05) is 0 Å². The molecular formula is C15H22OSi. The minimum Gasteiger partial charge on any atom is -0.389 e. The smallest absolute Gasteiger partial charge is 0.0874 e. The topological polar surface area (TPSA) is 20.2 Å². The molecule has 1 nitrogen and oxygen atoms in total. The molecule has 0 saturated heterocycles. The van der Waals surface area contributed by atoms with Gasteiger partial charge in [-0.2, -0.15) is 0 Å². The predicted molar refractivity (Wildman–Crippen MR) is 78.3 cm³/mol. The highest BCUT2D eigenvalue weighted by Crippen LogP contribution is 2.28. The van der Waals surface area contributed by atoms with E-state index >= 15 is 0 Å². The number of benzene rings is 1. The Morgan fingerprint density at radius 3 is 2.24 bits per heavy atom. The van der Waals surface area contributed by atoms with Crippen LogP contribution in [-0.2, 0) is 0 Å². The van der Waals surface area contributed by atoms with Crippen molar-refractivity contribution in [1.82, 2.24) is 0 Å². The van der Waals surface area contributed by atoms with E-state index in [2.05, 4.69) is 50.5 Å². The summed E-state index contributed by atoms with van der Waals surface area (Å²) in [6.45, 7) is 12.2. The Labute approximate surface area is 106 Å². The van der Waals surface area contributed by atoms with E-state index in [0.717, 1.165) is 6.42 Å². The second-order valence-electron chi connectivity index (χ2n) is 4.97. The first-order valence-corrected chi connectivity index (χ1v) is 9.08. The van der Waals surface area contributed by atoms with Gasteiger partial charge in [0.2, 0.25) is 0 Å². The van der Waals surface area contributed by atoms with E-state index in [4.69, 9.17) is 0 Å². The van der Waals surface area contributed by atoms with Crippen molar-refractivity contribution in [2.24, 2.45) is 0 Å². The fraction of sp³-hybridized carbons (Fsp3) is 0.333. The molecule has 2 atom stereocenters. The molecule has 0 fully saturated rings. The van der Waals surface area contributed by atoms with Crippen molar-refractivity contribution >= 4 is 13.3 Å². The lowest BCUT2D eigenvalue weighted by Crippen LogP contribution is -2.46. The van der Waals surface area contributed by atoms with Crippen molar-refractivity contribution in [1.29, 1.82) is 0 Å². The van der Waals surface area contributed by atoms with Gasteiger partial charge in [-0.25, -0.2) is 0 Å². The van der Waals surface area contributed by atoms with Crippen molar-refractivity contribution in [3.63, 3.8) is 0 Å². The highest BCUT2D eigenvalue weighted by atomic mass is 28.3. The average molecular weight is 246 g/mol. The Balaban J connectivity index is 2.93. The Morgan fingerprint density at radius 1 is 1.18 bits per heavy atom. The molecule has 2 heteroatoms. The van der Waals surface area contributed by atoms with Gasteiger partial charge < -0.3 is 5.11 Å². The number of rotatable bonds is 6. The van der Waals surface area contributed by atoms with Crippen LogP contribution in [0.4, 0.5) is 0 Å². The molecule has 0 amide bonds. The van der Waals surface area contributed by atoms with Gasteiger partial charge in [0.1, 0.15) is 0 Å². The van der Waals surface area contributed by atoms with Crippen molar-refractivity contribution in [2.45, 2.75) is 31.2 Å². The zero-order valence-electron chi connectivity index (χ0n) is 10.8. The van der Waals surface area contributed by atoms with Gasteiger partial charge in [-0.15, -0.1) is 13.2 Å². The first kappa shape index (κ1) is 13.9. The van der Waals surface area contributed by atoms with Crippen molar-refractivity contribution in [3.8, 4) is 0 Å². The van der Waals surface area contributed by atoms with Gasteiger partial charge in [-0.3, -0.25) is 0 Å². The lowest BCUT2D eigenvalue weighted by Gasteiger charge is -2.31. The maximum Gasteiger partial charge on any atom is 0.0874 e. The zero-order valence-corrected chi connectivity index (χ0v) is 11.8. The van der Waals surface area contributed by atoms with Crippen LogP contribution in [0.25, 0.3) is 0 Å². The molecular weight excluding hydrogens is 224 g/mol. The fourth-order valence-corrected chi connectivity index (χ4v) is 5.02. The van der Waals surface area contributed by atoms with Crippen LogP contribution >= 0.6 is 0 Å². The van der Waals surface area contributed by atoms with E-state index in [0.29, 0.717) is 5.54 Å². The third-order valence-corrected chi connectivity index (χ3v) is 7.64. The molecule has 0 aliphatic rings. The van der Waals surface area contributed by atoms with Crippen molar-refractivity contribution in [2.75, 3.05) is 0 Å². The molecule has 17 heavy (non-hydrogen) atoms. The molecule has 0 saturated carbocycles. The number of hydrogen-bond donors (Lipinski definition) is 1. The molecule has 0 spiro atoms. The molecule has 0 bridgehead atoms. The number of allylic oxidation sites excluding steroid dienone is 1. The van der Waals surface area contributed by atoms with Gasteiger partial charge in [0.15, 0.2) is 0 Å². The summed E-state index contributed by atoms with van der Waals surface area (Å²) < 4.78 is 0. The quantitative estimate of drug-likeness (QED) is 0.604. The second-order valence-corrected chi connectivity index (χ2v) is 9.73. The first-order chi connectivity index (χ1) is 8.02. The fourth-order valence-electron chi connectivity index (χ4n) is 2.12.